The van der Waals surface area contributed by atoms with E-state index in [1.165, 1.54) is 18.2 Å². The second-order valence-electron chi connectivity index (χ2n) is 5.58. The summed E-state index contributed by atoms with van der Waals surface area (Å²) in [5.74, 6) is -0.561. The zero-order valence-corrected chi connectivity index (χ0v) is 13.0. The molecule has 2 aromatic carbocycles. The maximum Gasteiger partial charge on any atom is 0.248 e. The molecule has 0 aromatic heterocycles. The van der Waals surface area contributed by atoms with E-state index in [2.05, 4.69) is 5.32 Å². The molecule has 1 aliphatic heterocycles. The van der Waals surface area contributed by atoms with Crippen LogP contribution in [0.1, 0.15) is 18.4 Å². The standard InChI is InChI=1S/C19H17FN2O2/c20-15-5-1-4-14(12-15)9-10-18(23)21-16-6-2-7-17(13-16)22-11-3-8-19(22)24/h1-2,4-7,9-10,12-13H,3,8,11H2,(H,21,23)/b10-9+. The molecule has 0 atom stereocenters. The van der Waals surface area contributed by atoms with Gasteiger partial charge in [-0.1, -0.05) is 18.2 Å². The van der Waals surface area contributed by atoms with Gasteiger partial charge in [-0.3, -0.25) is 9.59 Å². The van der Waals surface area contributed by atoms with Crippen molar-refractivity contribution in [2.45, 2.75) is 12.8 Å². The first kappa shape index (κ1) is 15.9. The number of hydrogen-bond acceptors (Lipinski definition) is 2. The van der Waals surface area contributed by atoms with Crippen molar-refractivity contribution in [1.82, 2.24) is 0 Å². The molecule has 2 amide bonds. The lowest BCUT2D eigenvalue weighted by atomic mass is 10.2. The van der Waals surface area contributed by atoms with Crippen molar-refractivity contribution >= 4 is 29.3 Å². The molecule has 0 unspecified atom stereocenters. The van der Waals surface area contributed by atoms with E-state index in [0.717, 1.165) is 12.1 Å². The Bertz CT molecular complexity index is 801. The van der Waals surface area contributed by atoms with Gasteiger partial charge >= 0.3 is 0 Å². The number of anilines is 2. The molecule has 122 valence electrons. The lowest BCUT2D eigenvalue weighted by molar-refractivity contribution is -0.117. The first-order valence-corrected chi connectivity index (χ1v) is 7.77. The normalized spacial score (nSPS) is 14.4. The van der Waals surface area contributed by atoms with Crippen molar-refractivity contribution in [3.05, 3.63) is 66.0 Å². The van der Waals surface area contributed by atoms with Crippen LogP contribution in [0.4, 0.5) is 15.8 Å². The number of benzene rings is 2. The largest absolute Gasteiger partial charge is 0.322 e. The number of rotatable bonds is 4. The zero-order valence-electron chi connectivity index (χ0n) is 13.0. The van der Waals surface area contributed by atoms with Crippen molar-refractivity contribution in [2.75, 3.05) is 16.8 Å². The molecule has 1 aliphatic rings. The number of nitrogens with zero attached hydrogens (tertiary/aromatic N) is 1. The topological polar surface area (TPSA) is 49.4 Å². The maximum atomic E-state index is 13.1. The van der Waals surface area contributed by atoms with Crippen molar-refractivity contribution in [3.63, 3.8) is 0 Å². The van der Waals surface area contributed by atoms with Crippen molar-refractivity contribution in [1.29, 1.82) is 0 Å². The Morgan fingerprint density at radius 3 is 2.75 bits per heavy atom. The lowest BCUT2D eigenvalue weighted by Crippen LogP contribution is -2.23. The van der Waals surface area contributed by atoms with Gasteiger partial charge in [-0.25, -0.2) is 4.39 Å². The Hall–Kier alpha value is -2.95. The summed E-state index contributed by atoms with van der Waals surface area (Å²) < 4.78 is 13.1. The predicted molar refractivity (Wildman–Crippen MR) is 92.1 cm³/mol. The molecule has 0 spiro atoms. The van der Waals surface area contributed by atoms with E-state index in [1.54, 1.807) is 41.3 Å². The molecule has 0 aliphatic carbocycles. The summed E-state index contributed by atoms with van der Waals surface area (Å²) in [6, 6.07) is 13.2. The number of amides is 2. The number of hydrogen-bond donors (Lipinski definition) is 1. The molecule has 0 radical (unpaired) electrons. The van der Waals surface area contributed by atoms with Crippen LogP contribution in [0, 0.1) is 5.82 Å². The van der Waals surface area contributed by atoms with Crippen LogP contribution >= 0.6 is 0 Å². The molecule has 1 N–H and O–H groups in total. The fourth-order valence-electron chi connectivity index (χ4n) is 2.64. The number of halogens is 1. The minimum atomic E-state index is -0.347. The number of carbonyl (C=O) groups excluding carboxylic acids is 2. The first-order valence-electron chi connectivity index (χ1n) is 7.77. The highest BCUT2D eigenvalue weighted by Gasteiger charge is 2.21. The van der Waals surface area contributed by atoms with Crippen LogP contribution in [-0.2, 0) is 9.59 Å². The average molecular weight is 324 g/mol. The molecule has 2 aromatic rings. The molecule has 3 rings (SSSR count). The van der Waals surface area contributed by atoms with Crippen molar-refractivity contribution < 1.29 is 14.0 Å². The van der Waals surface area contributed by atoms with Crippen molar-refractivity contribution in [3.8, 4) is 0 Å². The third kappa shape index (κ3) is 3.87. The molecule has 1 saturated heterocycles. The van der Waals surface area contributed by atoms with Gasteiger partial charge in [-0.15, -0.1) is 0 Å². The summed E-state index contributed by atoms with van der Waals surface area (Å²) in [6.07, 6.45) is 4.31. The maximum absolute atomic E-state index is 13.1. The van der Waals surface area contributed by atoms with Crippen LogP contribution in [0.2, 0.25) is 0 Å². The predicted octanol–water partition coefficient (Wildman–Crippen LogP) is 3.60. The second kappa shape index (κ2) is 7.08. The molecule has 0 saturated carbocycles. The van der Waals surface area contributed by atoms with Gasteiger partial charge in [-0.05, 0) is 48.4 Å². The van der Waals surface area contributed by atoms with E-state index >= 15 is 0 Å². The van der Waals surface area contributed by atoms with Gasteiger partial charge in [0.05, 0.1) is 0 Å². The molecule has 0 bridgehead atoms. The molecular formula is C19H17FN2O2. The molecule has 24 heavy (non-hydrogen) atoms. The highest BCUT2D eigenvalue weighted by atomic mass is 19.1. The Balaban J connectivity index is 1.67. The van der Waals surface area contributed by atoms with Gasteiger partial charge in [0.1, 0.15) is 5.82 Å². The zero-order chi connectivity index (χ0) is 16.9. The van der Waals surface area contributed by atoms with Gasteiger partial charge in [-0.2, -0.15) is 0 Å². The monoisotopic (exact) mass is 324 g/mol. The third-order valence-electron chi connectivity index (χ3n) is 3.77. The minimum Gasteiger partial charge on any atom is -0.322 e. The Morgan fingerprint density at radius 2 is 2.00 bits per heavy atom. The summed E-state index contributed by atoms with van der Waals surface area (Å²) in [4.78, 5) is 25.5. The first-order chi connectivity index (χ1) is 11.6. The summed E-state index contributed by atoms with van der Waals surface area (Å²) in [7, 11) is 0. The van der Waals surface area contributed by atoms with E-state index in [4.69, 9.17) is 0 Å². The van der Waals surface area contributed by atoms with Gasteiger partial charge in [0, 0.05) is 30.4 Å². The Labute approximate surface area is 139 Å². The van der Waals surface area contributed by atoms with Crippen LogP contribution < -0.4 is 10.2 Å². The molecule has 5 heteroatoms. The fourth-order valence-corrected chi connectivity index (χ4v) is 2.64. The van der Waals surface area contributed by atoms with Crippen LogP contribution in [0.5, 0.6) is 0 Å². The lowest BCUT2D eigenvalue weighted by Gasteiger charge is -2.16. The smallest absolute Gasteiger partial charge is 0.248 e. The molecule has 1 heterocycles. The molecule has 1 fully saturated rings. The highest BCUT2D eigenvalue weighted by molar-refractivity contribution is 6.02. The van der Waals surface area contributed by atoms with Crippen LogP contribution in [0.3, 0.4) is 0 Å². The average Bonchev–Trinajstić information content (AvgIpc) is 2.99. The van der Waals surface area contributed by atoms with Gasteiger partial charge < -0.3 is 10.2 Å². The minimum absolute atomic E-state index is 0.101. The van der Waals surface area contributed by atoms with Crippen molar-refractivity contribution in [2.24, 2.45) is 0 Å². The van der Waals surface area contributed by atoms with E-state index in [0.29, 0.717) is 24.2 Å². The third-order valence-corrected chi connectivity index (χ3v) is 3.77. The van der Waals surface area contributed by atoms with Gasteiger partial charge in [0.25, 0.3) is 0 Å². The van der Waals surface area contributed by atoms with E-state index in [1.807, 2.05) is 6.07 Å². The summed E-state index contributed by atoms with van der Waals surface area (Å²) in [6.45, 7) is 0.704. The van der Waals surface area contributed by atoms with Crippen LogP contribution in [0.25, 0.3) is 6.08 Å². The summed E-state index contributed by atoms with van der Waals surface area (Å²) >= 11 is 0. The molecular weight excluding hydrogens is 307 g/mol. The number of nitrogens with one attached hydrogen (secondary N) is 1. The van der Waals surface area contributed by atoms with E-state index in [-0.39, 0.29) is 17.6 Å². The molecule has 4 nitrogen and oxygen atoms in total. The van der Waals surface area contributed by atoms with E-state index in [9.17, 15) is 14.0 Å². The summed E-state index contributed by atoms with van der Waals surface area (Å²) in [5.41, 5.74) is 2.01. The van der Waals surface area contributed by atoms with Gasteiger partial charge in [0.2, 0.25) is 11.8 Å². The van der Waals surface area contributed by atoms with Gasteiger partial charge in [0.15, 0.2) is 0 Å². The highest BCUT2D eigenvalue weighted by Crippen LogP contribution is 2.24. The van der Waals surface area contributed by atoms with Crippen LogP contribution in [-0.4, -0.2) is 18.4 Å². The number of carbonyl (C=O) groups is 2. The van der Waals surface area contributed by atoms with E-state index < -0.39 is 0 Å². The Morgan fingerprint density at radius 1 is 1.17 bits per heavy atom. The SMILES string of the molecule is O=C(/C=C/c1cccc(F)c1)Nc1cccc(N2CCCC2=O)c1. The quantitative estimate of drug-likeness (QED) is 0.874. The van der Waals surface area contributed by atoms with Crippen LogP contribution in [0.15, 0.2) is 54.6 Å². The Kier molecular flexibility index (Phi) is 4.70. The fraction of sp³-hybridized carbons (Fsp3) is 0.158. The second-order valence-corrected chi connectivity index (χ2v) is 5.58. The summed E-state index contributed by atoms with van der Waals surface area (Å²) in [5, 5.41) is 2.75.